The molecule has 0 amide bonds. The second kappa shape index (κ2) is 8.68. The number of thioether (sulfide) groups is 1. The number of rotatable bonds is 4. The average Bonchev–Trinajstić information content (AvgIpc) is 2.90. The van der Waals surface area contributed by atoms with Crippen molar-refractivity contribution < 1.29 is 0 Å². The van der Waals surface area contributed by atoms with E-state index in [9.17, 15) is 0 Å². The highest BCUT2D eigenvalue weighted by Gasteiger charge is 2.14. The Morgan fingerprint density at radius 3 is 3.05 bits per heavy atom. The summed E-state index contributed by atoms with van der Waals surface area (Å²) >= 11 is 2.01. The number of benzene rings is 1. The molecule has 3 nitrogen and oxygen atoms in total. The number of hydrogen-bond donors (Lipinski definition) is 2. The Hall–Kier alpha value is -0.430. The molecule has 1 fully saturated rings. The van der Waals surface area contributed by atoms with Gasteiger partial charge >= 0.3 is 0 Å². The van der Waals surface area contributed by atoms with Crippen LogP contribution in [0.1, 0.15) is 25.3 Å². The number of halogens is 1. The molecule has 1 heterocycles. The Morgan fingerprint density at radius 2 is 2.37 bits per heavy atom. The van der Waals surface area contributed by atoms with E-state index < -0.39 is 0 Å². The summed E-state index contributed by atoms with van der Waals surface area (Å²) in [6.07, 6.45) is 3.62. The zero-order chi connectivity index (χ0) is 12.8. The molecule has 1 saturated heterocycles. The van der Waals surface area contributed by atoms with Crippen molar-refractivity contribution in [1.82, 2.24) is 0 Å². The molecular formula is C14H22IN3S. The SMILES string of the molecule is CCc1cccc(NC(N)=NCC2CCCS2)c1.I. The second-order valence-corrected chi connectivity index (χ2v) is 5.95. The van der Waals surface area contributed by atoms with E-state index in [-0.39, 0.29) is 24.0 Å². The summed E-state index contributed by atoms with van der Waals surface area (Å²) in [5.74, 6) is 1.79. The zero-order valence-corrected chi connectivity index (χ0v) is 14.4. The van der Waals surface area contributed by atoms with Crippen molar-refractivity contribution in [1.29, 1.82) is 0 Å². The van der Waals surface area contributed by atoms with Crippen LogP contribution in [0.25, 0.3) is 0 Å². The van der Waals surface area contributed by atoms with Gasteiger partial charge in [0.15, 0.2) is 5.96 Å². The first kappa shape index (κ1) is 16.6. The summed E-state index contributed by atoms with van der Waals surface area (Å²) < 4.78 is 0. The number of aliphatic imine (C=N–C) groups is 1. The number of nitrogens with one attached hydrogen (secondary N) is 1. The smallest absolute Gasteiger partial charge is 0.193 e. The molecule has 0 saturated carbocycles. The van der Waals surface area contributed by atoms with E-state index in [0.717, 1.165) is 18.7 Å². The summed E-state index contributed by atoms with van der Waals surface area (Å²) in [6.45, 7) is 2.98. The molecule has 1 atom stereocenters. The van der Waals surface area contributed by atoms with Gasteiger partial charge in [-0.3, -0.25) is 4.99 Å². The third kappa shape index (κ3) is 5.60. The minimum Gasteiger partial charge on any atom is -0.370 e. The molecule has 1 aromatic carbocycles. The summed E-state index contributed by atoms with van der Waals surface area (Å²) in [7, 11) is 0. The quantitative estimate of drug-likeness (QED) is 0.469. The van der Waals surface area contributed by atoms with Crippen LogP contribution in [0.3, 0.4) is 0 Å². The second-order valence-electron chi connectivity index (χ2n) is 4.54. The third-order valence-electron chi connectivity index (χ3n) is 3.10. The number of nitrogens with zero attached hydrogens (tertiary/aromatic N) is 1. The average molecular weight is 391 g/mol. The lowest BCUT2D eigenvalue weighted by atomic mass is 10.1. The lowest BCUT2D eigenvalue weighted by molar-refractivity contribution is 0.786. The molecule has 2 rings (SSSR count). The fourth-order valence-corrected chi connectivity index (χ4v) is 3.22. The largest absolute Gasteiger partial charge is 0.370 e. The molecule has 106 valence electrons. The van der Waals surface area contributed by atoms with Crippen molar-refractivity contribution in [3.8, 4) is 0 Å². The van der Waals surface area contributed by atoms with E-state index >= 15 is 0 Å². The maximum absolute atomic E-state index is 5.90. The van der Waals surface area contributed by atoms with Crippen molar-refractivity contribution in [2.45, 2.75) is 31.4 Å². The Bertz CT molecular complexity index is 417. The lowest BCUT2D eigenvalue weighted by Crippen LogP contribution is -2.24. The van der Waals surface area contributed by atoms with Crippen LogP contribution < -0.4 is 11.1 Å². The van der Waals surface area contributed by atoms with Crippen molar-refractivity contribution in [2.75, 3.05) is 17.6 Å². The summed E-state index contributed by atoms with van der Waals surface area (Å²) in [5.41, 5.74) is 8.23. The van der Waals surface area contributed by atoms with Crippen LogP contribution in [0.4, 0.5) is 5.69 Å². The number of nitrogens with two attached hydrogens (primary N) is 1. The maximum Gasteiger partial charge on any atom is 0.193 e. The van der Waals surface area contributed by atoms with Crippen LogP contribution >= 0.6 is 35.7 Å². The van der Waals surface area contributed by atoms with E-state index in [0.29, 0.717) is 11.2 Å². The Morgan fingerprint density at radius 1 is 1.53 bits per heavy atom. The lowest BCUT2D eigenvalue weighted by Gasteiger charge is -2.08. The molecular weight excluding hydrogens is 369 g/mol. The summed E-state index contributed by atoms with van der Waals surface area (Å²) in [5, 5.41) is 3.82. The molecule has 0 spiro atoms. The predicted molar refractivity (Wildman–Crippen MR) is 96.8 cm³/mol. The first-order valence-electron chi connectivity index (χ1n) is 6.55. The molecule has 1 aliphatic rings. The van der Waals surface area contributed by atoms with Crippen LogP contribution in [0.15, 0.2) is 29.3 Å². The monoisotopic (exact) mass is 391 g/mol. The van der Waals surface area contributed by atoms with Crippen molar-refractivity contribution >= 4 is 47.4 Å². The van der Waals surface area contributed by atoms with E-state index in [1.54, 1.807) is 0 Å². The molecule has 0 radical (unpaired) electrons. The van der Waals surface area contributed by atoms with Crippen LogP contribution in [0, 0.1) is 0 Å². The van der Waals surface area contributed by atoms with E-state index in [1.807, 2.05) is 23.9 Å². The van der Waals surface area contributed by atoms with Crippen molar-refractivity contribution in [3.63, 3.8) is 0 Å². The minimum atomic E-state index is 0. The van der Waals surface area contributed by atoms with Crippen LogP contribution in [0.5, 0.6) is 0 Å². The standard InChI is InChI=1S/C14H21N3S.HI/c1-2-11-5-3-6-12(9-11)17-14(15)16-10-13-7-4-8-18-13;/h3,5-6,9,13H,2,4,7-8,10H2,1H3,(H3,15,16,17);1H. The maximum atomic E-state index is 5.90. The van der Waals surface area contributed by atoms with Crippen LogP contribution in [-0.2, 0) is 6.42 Å². The van der Waals surface area contributed by atoms with Gasteiger partial charge in [0.05, 0.1) is 6.54 Å². The van der Waals surface area contributed by atoms with E-state index in [4.69, 9.17) is 5.73 Å². The van der Waals surface area contributed by atoms with E-state index in [1.165, 1.54) is 24.2 Å². The Balaban J connectivity index is 0.00000180. The summed E-state index contributed by atoms with van der Waals surface area (Å²) in [6, 6.07) is 8.30. The molecule has 3 N–H and O–H groups in total. The molecule has 19 heavy (non-hydrogen) atoms. The number of aryl methyl sites for hydroxylation is 1. The first-order chi connectivity index (χ1) is 8.78. The van der Waals surface area contributed by atoms with Gasteiger partial charge in [-0.05, 0) is 42.7 Å². The summed E-state index contributed by atoms with van der Waals surface area (Å²) in [4.78, 5) is 4.42. The van der Waals surface area contributed by atoms with Crippen molar-refractivity contribution in [3.05, 3.63) is 29.8 Å². The van der Waals surface area contributed by atoms with Crippen LogP contribution in [-0.4, -0.2) is 23.5 Å². The fourth-order valence-electron chi connectivity index (χ4n) is 2.04. The number of hydrogen-bond acceptors (Lipinski definition) is 2. The first-order valence-corrected chi connectivity index (χ1v) is 7.60. The number of guanidine groups is 1. The molecule has 0 aromatic heterocycles. The molecule has 1 unspecified atom stereocenters. The van der Waals surface area contributed by atoms with Crippen molar-refractivity contribution in [2.24, 2.45) is 10.7 Å². The van der Waals surface area contributed by atoms with E-state index in [2.05, 4.69) is 29.4 Å². The molecule has 1 aliphatic heterocycles. The van der Waals surface area contributed by atoms with Gasteiger partial charge in [-0.1, -0.05) is 19.1 Å². The van der Waals surface area contributed by atoms with Gasteiger partial charge in [0.25, 0.3) is 0 Å². The molecule has 1 aromatic rings. The highest BCUT2D eigenvalue weighted by atomic mass is 127. The third-order valence-corrected chi connectivity index (χ3v) is 4.48. The van der Waals surface area contributed by atoms with Gasteiger partial charge in [-0.15, -0.1) is 24.0 Å². The fraction of sp³-hybridized carbons (Fsp3) is 0.500. The predicted octanol–water partition coefficient (Wildman–Crippen LogP) is 3.49. The molecule has 5 heteroatoms. The van der Waals surface area contributed by atoms with Gasteiger partial charge in [-0.2, -0.15) is 11.8 Å². The minimum absolute atomic E-state index is 0. The van der Waals surface area contributed by atoms with Gasteiger partial charge in [0.2, 0.25) is 0 Å². The normalized spacial score (nSPS) is 19.0. The number of anilines is 1. The van der Waals surface area contributed by atoms with Gasteiger partial charge in [0.1, 0.15) is 0 Å². The molecule has 0 aliphatic carbocycles. The van der Waals surface area contributed by atoms with Gasteiger partial charge in [-0.25, -0.2) is 0 Å². The Kier molecular flexibility index (Phi) is 7.60. The topological polar surface area (TPSA) is 50.4 Å². The highest BCUT2D eigenvalue weighted by Crippen LogP contribution is 2.26. The van der Waals surface area contributed by atoms with Gasteiger partial charge < -0.3 is 11.1 Å². The Labute approximate surface area is 136 Å². The molecule has 0 bridgehead atoms. The highest BCUT2D eigenvalue weighted by molar-refractivity contribution is 14.0. The van der Waals surface area contributed by atoms with Crippen LogP contribution in [0.2, 0.25) is 0 Å². The van der Waals surface area contributed by atoms with Gasteiger partial charge in [0, 0.05) is 10.9 Å². The zero-order valence-electron chi connectivity index (χ0n) is 11.3.